The third kappa shape index (κ3) is 5.89. The van der Waals surface area contributed by atoms with Crippen molar-refractivity contribution in [2.45, 2.75) is 13.3 Å². The van der Waals surface area contributed by atoms with Gasteiger partial charge < -0.3 is 19.7 Å². The quantitative estimate of drug-likeness (QED) is 0.614. The van der Waals surface area contributed by atoms with Gasteiger partial charge in [-0.1, -0.05) is 0 Å². The van der Waals surface area contributed by atoms with Gasteiger partial charge in [0, 0.05) is 33.0 Å². The highest BCUT2D eigenvalue weighted by Crippen LogP contribution is 2.15. The molecule has 1 aromatic carbocycles. The van der Waals surface area contributed by atoms with Crippen LogP contribution in [0.5, 0.6) is 5.75 Å². The normalized spacial score (nSPS) is 10.1. The molecule has 0 aliphatic rings. The number of hydrogen-bond acceptors (Lipinski definition) is 3. The molecule has 0 aliphatic heterocycles. The van der Waals surface area contributed by atoms with Gasteiger partial charge in [0.2, 0.25) is 0 Å². The smallest absolute Gasteiger partial charge is 0.173 e. The molecule has 0 heterocycles. The van der Waals surface area contributed by atoms with Crippen LogP contribution in [0.3, 0.4) is 0 Å². The lowest BCUT2D eigenvalue weighted by molar-refractivity contribution is 0.189. The maximum absolute atomic E-state index is 5.39. The third-order valence-electron chi connectivity index (χ3n) is 2.61. The molecule has 0 atom stereocenters. The van der Waals surface area contributed by atoms with E-state index in [0.29, 0.717) is 11.7 Å². The zero-order valence-corrected chi connectivity index (χ0v) is 12.6. The molecule has 0 unspecified atom stereocenters. The predicted molar refractivity (Wildman–Crippen MR) is 83.0 cm³/mol. The largest absolute Gasteiger partial charge is 0.494 e. The number of anilines is 1. The summed E-state index contributed by atoms with van der Waals surface area (Å²) in [5.74, 6) is 0.868. The van der Waals surface area contributed by atoms with E-state index in [1.54, 1.807) is 7.11 Å². The zero-order chi connectivity index (χ0) is 14.1. The van der Waals surface area contributed by atoms with Crippen molar-refractivity contribution >= 4 is 23.0 Å². The Labute approximate surface area is 120 Å². The minimum atomic E-state index is 0.674. The number of nitrogens with zero attached hydrogens (tertiary/aromatic N) is 1. The molecule has 4 nitrogen and oxygen atoms in total. The highest BCUT2D eigenvalue weighted by molar-refractivity contribution is 7.80. The van der Waals surface area contributed by atoms with Crippen LogP contribution in [0.25, 0.3) is 0 Å². The Bertz CT molecular complexity index is 382. The highest BCUT2D eigenvalue weighted by Gasteiger charge is 2.04. The number of benzene rings is 1. The Balaban J connectivity index is 2.42. The molecule has 106 valence electrons. The standard InChI is InChI=1S/C14H22N2O2S/c1-4-18-13-8-6-12(7-9-13)15-14(19)16(2)10-5-11-17-3/h6-9H,4-5,10-11H2,1-3H3,(H,15,19). The van der Waals surface area contributed by atoms with E-state index in [0.717, 1.165) is 31.0 Å². The molecule has 19 heavy (non-hydrogen) atoms. The van der Waals surface area contributed by atoms with Gasteiger partial charge in [-0.15, -0.1) is 0 Å². The van der Waals surface area contributed by atoms with Gasteiger partial charge in [0.25, 0.3) is 0 Å². The molecule has 0 aromatic heterocycles. The summed E-state index contributed by atoms with van der Waals surface area (Å²) >= 11 is 5.34. The first-order valence-electron chi connectivity index (χ1n) is 6.41. The Morgan fingerprint density at radius 2 is 2.00 bits per heavy atom. The summed E-state index contributed by atoms with van der Waals surface area (Å²) < 4.78 is 10.4. The summed E-state index contributed by atoms with van der Waals surface area (Å²) in [6, 6.07) is 7.78. The first-order valence-corrected chi connectivity index (χ1v) is 6.82. The van der Waals surface area contributed by atoms with Gasteiger partial charge in [0.05, 0.1) is 6.61 Å². The lowest BCUT2D eigenvalue weighted by Crippen LogP contribution is -2.32. The van der Waals surface area contributed by atoms with Crippen molar-refractivity contribution in [2.75, 3.05) is 39.2 Å². The van der Waals surface area contributed by atoms with Gasteiger partial charge >= 0.3 is 0 Å². The van der Waals surface area contributed by atoms with E-state index in [1.165, 1.54) is 0 Å². The third-order valence-corrected chi connectivity index (χ3v) is 3.02. The minimum absolute atomic E-state index is 0.674. The lowest BCUT2D eigenvalue weighted by atomic mass is 10.3. The van der Waals surface area contributed by atoms with Gasteiger partial charge in [-0.2, -0.15) is 0 Å². The second-order valence-corrected chi connectivity index (χ2v) is 4.54. The fourth-order valence-electron chi connectivity index (χ4n) is 1.57. The molecule has 0 radical (unpaired) electrons. The van der Waals surface area contributed by atoms with Crippen molar-refractivity contribution in [3.05, 3.63) is 24.3 Å². The van der Waals surface area contributed by atoms with Crippen LogP contribution in [0.2, 0.25) is 0 Å². The molecule has 0 saturated carbocycles. The van der Waals surface area contributed by atoms with E-state index < -0.39 is 0 Å². The van der Waals surface area contributed by atoms with Gasteiger partial charge in [-0.3, -0.25) is 0 Å². The van der Waals surface area contributed by atoms with E-state index >= 15 is 0 Å². The maximum atomic E-state index is 5.39. The Morgan fingerprint density at radius 3 is 2.58 bits per heavy atom. The molecule has 1 rings (SSSR count). The van der Waals surface area contributed by atoms with Crippen LogP contribution in [0.15, 0.2) is 24.3 Å². The molecule has 0 aliphatic carbocycles. The van der Waals surface area contributed by atoms with Gasteiger partial charge in [0.15, 0.2) is 5.11 Å². The molecule has 0 fully saturated rings. The summed E-state index contributed by atoms with van der Waals surface area (Å²) in [6.45, 7) is 4.26. The second kappa shape index (κ2) is 8.72. The Hall–Kier alpha value is -1.33. The van der Waals surface area contributed by atoms with E-state index in [1.807, 2.05) is 43.1 Å². The monoisotopic (exact) mass is 282 g/mol. The lowest BCUT2D eigenvalue weighted by Gasteiger charge is -2.21. The molecule has 5 heteroatoms. The Morgan fingerprint density at radius 1 is 1.32 bits per heavy atom. The molecule has 0 saturated heterocycles. The van der Waals surface area contributed by atoms with Crippen LogP contribution in [-0.4, -0.2) is 43.9 Å². The first-order chi connectivity index (χ1) is 9.17. The molecule has 1 N–H and O–H groups in total. The first kappa shape index (κ1) is 15.7. The number of methoxy groups -OCH3 is 1. The summed E-state index contributed by atoms with van der Waals surface area (Å²) in [6.07, 6.45) is 0.956. The molecular weight excluding hydrogens is 260 g/mol. The van der Waals surface area contributed by atoms with Crippen LogP contribution >= 0.6 is 12.2 Å². The van der Waals surface area contributed by atoms with E-state index in [4.69, 9.17) is 21.7 Å². The average Bonchev–Trinajstić information content (AvgIpc) is 2.41. The summed E-state index contributed by atoms with van der Waals surface area (Å²) in [7, 11) is 3.68. The van der Waals surface area contributed by atoms with Crippen molar-refractivity contribution in [1.82, 2.24) is 4.90 Å². The van der Waals surface area contributed by atoms with Crippen molar-refractivity contribution < 1.29 is 9.47 Å². The van der Waals surface area contributed by atoms with Gasteiger partial charge in [0.1, 0.15) is 5.75 Å². The number of rotatable bonds is 7. The predicted octanol–water partition coefficient (Wildman–Crippen LogP) is 2.75. The van der Waals surface area contributed by atoms with Crippen molar-refractivity contribution in [3.8, 4) is 5.75 Å². The van der Waals surface area contributed by atoms with Gasteiger partial charge in [-0.25, -0.2) is 0 Å². The number of hydrogen-bond donors (Lipinski definition) is 1. The van der Waals surface area contributed by atoms with E-state index in [2.05, 4.69) is 5.32 Å². The van der Waals surface area contributed by atoms with Crippen LogP contribution < -0.4 is 10.1 Å². The number of ether oxygens (including phenoxy) is 2. The number of thiocarbonyl (C=S) groups is 1. The van der Waals surface area contributed by atoms with Crippen molar-refractivity contribution in [2.24, 2.45) is 0 Å². The number of nitrogens with one attached hydrogen (secondary N) is 1. The van der Waals surface area contributed by atoms with Crippen molar-refractivity contribution in [3.63, 3.8) is 0 Å². The molecule has 0 bridgehead atoms. The average molecular weight is 282 g/mol. The van der Waals surface area contributed by atoms with Crippen molar-refractivity contribution in [1.29, 1.82) is 0 Å². The highest BCUT2D eigenvalue weighted by atomic mass is 32.1. The van der Waals surface area contributed by atoms with Crippen LogP contribution in [-0.2, 0) is 4.74 Å². The SMILES string of the molecule is CCOc1ccc(NC(=S)N(C)CCCOC)cc1. The fraction of sp³-hybridized carbons (Fsp3) is 0.500. The van der Waals surface area contributed by atoms with Crippen LogP contribution in [0.4, 0.5) is 5.69 Å². The summed E-state index contributed by atoms with van der Waals surface area (Å²) in [5.41, 5.74) is 0.965. The minimum Gasteiger partial charge on any atom is -0.494 e. The molecule has 1 aromatic rings. The second-order valence-electron chi connectivity index (χ2n) is 4.16. The molecule has 0 spiro atoms. The Kier molecular flexibility index (Phi) is 7.22. The summed E-state index contributed by atoms with van der Waals surface area (Å²) in [5, 5.41) is 3.91. The van der Waals surface area contributed by atoms with Gasteiger partial charge in [-0.05, 0) is 49.8 Å². The van der Waals surface area contributed by atoms with Crippen LogP contribution in [0.1, 0.15) is 13.3 Å². The zero-order valence-electron chi connectivity index (χ0n) is 11.8. The van der Waals surface area contributed by atoms with E-state index in [-0.39, 0.29) is 0 Å². The topological polar surface area (TPSA) is 33.7 Å². The van der Waals surface area contributed by atoms with Crippen LogP contribution in [0, 0.1) is 0 Å². The van der Waals surface area contributed by atoms with E-state index in [9.17, 15) is 0 Å². The molecule has 0 amide bonds. The maximum Gasteiger partial charge on any atom is 0.173 e. The fourth-order valence-corrected chi connectivity index (χ4v) is 1.78. The summed E-state index contributed by atoms with van der Waals surface area (Å²) in [4.78, 5) is 2.00. The molecular formula is C14H22N2O2S.